The summed E-state index contributed by atoms with van der Waals surface area (Å²) in [5.74, 6) is -3.74. The van der Waals surface area contributed by atoms with Crippen molar-refractivity contribution in [1.29, 1.82) is 0 Å². The highest BCUT2D eigenvalue weighted by molar-refractivity contribution is 6.31. The minimum absolute atomic E-state index is 0.000515. The van der Waals surface area contributed by atoms with Gasteiger partial charge in [-0.3, -0.25) is 14.4 Å². The van der Waals surface area contributed by atoms with Crippen molar-refractivity contribution in [1.82, 2.24) is 9.80 Å². The molecule has 0 aromatic heterocycles. The van der Waals surface area contributed by atoms with Gasteiger partial charge in [0.25, 0.3) is 0 Å². The van der Waals surface area contributed by atoms with Gasteiger partial charge in [0.1, 0.15) is 60.0 Å². The Morgan fingerprint density at radius 3 is 1.75 bits per heavy atom. The van der Waals surface area contributed by atoms with Crippen LogP contribution in [-0.2, 0) is 66.4 Å². The van der Waals surface area contributed by atoms with E-state index in [4.69, 9.17) is 61.6 Å². The number of hydrogen-bond donors (Lipinski definition) is 6. The van der Waals surface area contributed by atoms with Crippen molar-refractivity contribution in [2.75, 3.05) is 28.2 Å². The van der Waals surface area contributed by atoms with Crippen molar-refractivity contribution in [2.45, 2.75) is 259 Å². The van der Waals surface area contributed by atoms with Gasteiger partial charge in [-0.25, -0.2) is 0 Å². The van der Waals surface area contributed by atoms with Gasteiger partial charge < -0.3 is 102 Å². The second kappa shape index (κ2) is 24.3. The number of carbonyl (C=O) groups excluding carboxylic acids is 3. The van der Waals surface area contributed by atoms with E-state index in [0.29, 0.717) is 19.3 Å². The summed E-state index contributed by atoms with van der Waals surface area (Å²) in [6, 6.07) is 3.19. The molecule has 11 rings (SSSR count). The van der Waals surface area contributed by atoms with Crippen LogP contribution in [0.15, 0.2) is 18.2 Å². The number of fused-ring (bicyclic) bond motifs is 5. The molecule has 2 aliphatic carbocycles. The van der Waals surface area contributed by atoms with Crippen LogP contribution in [0.3, 0.4) is 0 Å². The Hall–Kier alpha value is -3.87. The number of ketones is 3. The third-order valence-corrected chi connectivity index (χ3v) is 18.9. The number of nitrogens with zero attached hydrogens (tertiary/aromatic N) is 2. The van der Waals surface area contributed by atoms with Crippen LogP contribution >= 0.6 is 0 Å². The lowest BCUT2D eigenvalue weighted by molar-refractivity contribution is -0.371. The number of aliphatic hydroxyl groups is 3. The summed E-state index contributed by atoms with van der Waals surface area (Å²) >= 11 is 0. The summed E-state index contributed by atoms with van der Waals surface area (Å²) in [5.41, 5.74) is -3.83. The molecule has 7 heterocycles. The van der Waals surface area contributed by atoms with E-state index in [0.717, 1.165) is 0 Å². The molecule has 9 aliphatic rings. The maximum atomic E-state index is 14.6. The molecule has 24 heteroatoms. The fourth-order valence-electron chi connectivity index (χ4n) is 14.1. The number of phenolic OH excluding ortho intramolecular Hbond substituents is 3. The van der Waals surface area contributed by atoms with Crippen molar-refractivity contribution < 1.29 is 107 Å². The number of Topliss-reactive ketones (excluding diaryl/α,β-unsaturated/α-hetero) is 1. The lowest BCUT2D eigenvalue weighted by Gasteiger charge is -2.51. The van der Waals surface area contributed by atoms with Gasteiger partial charge in [-0.2, -0.15) is 0 Å². The van der Waals surface area contributed by atoms with Gasteiger partial charge >= 0.3 is 0 Å². The highest BCUT2D eigenvalue weighted by Crippen LogP contribution is 2.58. The molecule has 0 amide bonds. The summed E-state index contributed by atoms with van der Waals surface area (Å²) in [7, 11) is 7.51. The third-order valence-electron chi connectivity index (χ3n) is 18.9. The fraction of sp³-hybridized carbons (Fsp3) is 0.750. The number of phenols is 3. The van der Waals surface area contributed by atoms with Gasteiger partial charge in [0, 0.05) is 73.7 Å². The summed E-state index contributed by atoms with van der Waals surface area (Å²) < 4.78 is 83.8. The largest absolute Gasteiger partial charge is 0.507 e. The Balaban J connectivity index is 0.846. The van der Waals surface area contributed by atoms with Gasteiger partial charge in [0.2, 0.25) is 5.78 Å². The molecule has 0 spiro atoms. The average Bonchev–Trinajstić information content (AvgIpc) is 0.779. The van der Waals surface area contributed by atoms with Crippen LogP contribution in [0.1, 0.15) is 161 Å². The molecule has 25 atom stereocenters. The monoisotopic (exact) mass is 1180 g/mol. The second-order valence-corrected chi connectivity index (χ2v) is 24.9. The Bertz CT molecular complexity index is 2760. The lowest BCUT2D eigenvalue weighted by atomic mass is 9.70. The first-order valence-corrected chi connectivity index (χ1v) is 29.8. The molecule has 7 aliphatic heterocycles. The lowest BCUT2D eigenvalue weighted by Crippen LogP contribution is -2.62. The van der Waals surface area contributed by atoms with E-state index in [1.54, 1.807) is 34.6 Å². The number of benzene rings is 2. The van der Waals surface area contributed by atoms with Gasteiger partial charge in [-0.1, -0.05) is 19.1 Å². The van der Waals surface area contributed by atoms with E-state index >= 15 is 0 Å². The van der Waals surface area contributed by atoms with Crippen molar-refractivity contribution in [3.8, 4) is 17.2 Å². The van der Waals surface area contributed by atoms with Gasteiger partial charge in [-0.05, 0) is 88.6 Å². The molecule has 7 saturated heterocycles. The molecule has 25 unspecified atom stereocenters. The molecule has 6 N–H and O–H groups in total. The number of hydrogen-bond acceptors (Lipinski definition) is 24. The summed E-state index contributed by atoms with van der Waals surface area (Å²) in [6.45, 7) is 12.5. The number of ether oxygens (including phenoxy) is 13. The van der Waals surface area contributed by atoms with E-state index < -0.39 is 187 Å². The predicted octanol–water partition coefficient (Wildman–Crippen LogP) is 3.90. The molecular formula is C60H84N2O22. The number of carbonyl (C=O) groups is 3. The standard InChI is InChI=1S/C60H84N2O22/c1-12-60(71)23-39(79-41-18-31(61(8)9)55(26(4)73-41)82-44-22-37-57(29(7)76-44)84-59-38(78-37)20-35(65)25(3)77-59)46-49(53(70)47-48(52(46)69)51(68)45-30(50(47)67)14-13-15-34(45)64)58(60)83-42-19-32(62(10)11)54(27(5)74-42)81-43-21-36(66)56(28(6)75-43)80-40-17-16-33(63)24(2)72-40/h13-15,24-29,31-33,36-44,54-59,63-64,66,69-71H,12,16-23H2,1-11H3. The van der Waals surface area contributed by atoms with Crippen LogP contribution < -0.4 is 0 Å². The third kappa shape index (κ3) is 11.5. The molecule has 84 heavy (non-hydrogen) atoms. The van der Waals surface area contributed by atoms with Crippen LogP contribution in [0.2, 0.25) is 0 Å². The van der Waals surface area contributed by atoms with Crippen LogP contribution in [0, 0.1) is 0 Å². The Kier molecular flexibility index (Phi) is 17.8. The number of aromatic hydroxyl groups is 3. The molecule has 0 bridgehead atoms. The summed E-state index contributed by atoms with van der Waals surface area (Å²) in [5, 5.41) is 71.0. The van der Waals surface area contributed by atoms with Gasteiger partial charge in [-0.15, -0.1) is 0 Å². The molecule has 24 nitrogen and oxygen atoms in total. The SMILES string of the molecule is CCC1(O)CC(OC2CC(N(C)C)C(OC3CC4OC5CC(=O)C(C)OC5OC4C(C)O3)C(C)O2)c2c(O)c3c(c(O)c2C1OC1CC(N(C)C)C(OC2CC(O)C(OC4CCC(O)C(C)O4)C(C)O2)C(C)O1)C(=O)c1cccc(O)c1C3=O. The molecule has 0 saturated carbocycles. The van der Waals surface area contributed by atoms with Crippen molar-refractivity contribution in [2.24, 2.45) is 0 Å². The zero-order valence-electron chi connectivity index (χ0n) is 49.6. The zero-order chi connectivity index (χ0) is 60.1. The first kappa shape index (κ1) is 61.8. The van der Waals surface area contributed by atoms with E-state index in [9.17, 15) is 45.0 Å². The predicted molar refractivity (Wildman–Crippen MR) is 291 cm³/mol. The Morgan fingerprint density at radius 1 is 0.571 bits per heavy atom. The van der Waals surface area contributed by atoms with E-state index in [1.807, 2.05) is 51.8 Å². The molecule has 2 aromatic rings. The van der Waals surface area contributed by atoms with E-state index in [2.05, 4.69) is 0 Å². The first-order valence-electron chi connectivity index (χ1n) is 29.8. The first-order chi connectivity index (χ1) is 39.8. The number of likely N-dealkylation sites (N-methyl/N-ethyl adjacent to an activating group) is 2. The molecule has 7 fully saturated rings. The molecule has 466 valence electrons. The van der Waals surface area contributed by atoms with Crippen LogP contribution in [0.4, 0.5) is 0 Å². The summed E-state index contributed by atoms with van der Waals surface area (Å²) in [4.78, 5) is 45.6. The highest BCUT2D eigenvalue weighted by atomic mass is 16.8. The van der Waals surface area contributed by atoms with Crippen molar-refractivity contribution in [3.05, 3.63) is 51.6 Å². The summed E-state index contributed by atoms with van der Waals surface area (Å²) in [6.07, 6.45) is -14.8. The fourth-order valence-corrected chi connectivity index (χ4v) is 14.1. The molecular weight excluding hydrogens is 1100 g/mol. The minimum atomic E-state index is -1.90. The smallest absolute Gasteiger partial charge is 0.202 e. The number of rotatable bonds is 13. The van der Waals surface area contributed by atoms with Crippen molar-refractivity contribution in [3.63, 3.8) is 0 Å². The van der Waals surface area contributed by atoms with Crippen LogP contribution in [0.5, 0.6) is 17.2 Å². The maximum absolute atomic E-state index is 14.6. The van der Waals surface area contributed by atoms with Crippen LogP contribution in [-0.4, -0.2) is 227 Å². The zero-order valence-corrected chi connectivity index (χ0v) is 49.6. The normalized spacial score (nSPS) is 43.4. The van der Waals surface area contributed by atoms with Crippen molar-refractivity contribution >= 4 is 17.3 Å². The molecule has 2 aromatic carbocycles. The van der Waals surface area contributed by atoms with Gasteiger partial charge in [0.05, 0.1) is 77.2 Å². The highest BCUT2D eigenvalue weighted by Gasteiger charge is 2.56. The Labute approximate surface area is 488 Å². The number of aliphatic hydroxyl groups excluding tert-OH is 2. The van der Waals surface area contributed by atoms with E-state index in [1.165, 1.54) is 18.2 Å². The Morgan fingerprint density at radius 2 is 1.13 bits per heavy atom. The van der Waals surface area contributed by atoms with Gasteiger partial charge in [0.15, 0.2) is 49.3 Å². The second-order valence-electron chi connectivity index (χ2n) is 24.9. The van der Waals surface area contributed by atoms with Crippen LogP contribution in [0.25, 0.3) is 0 Å². The maximum Gasteiger partial charge on any atom is 0.202 e. The average molecular weight is 1190 g/mol. The molecule has 0 radical (unpaired) electrons. The quantitative estimate of drug-likeness (QED) is 0.132. The van der Waals surface area contributed by atoms with E-state index in [-0.39, 0.29) is 72.6 Å². The topological polar surface area (TPSA) is 299 Å². The minimum Gasteiger partial charge on any atom is -0.507 e.